The third-order valence-corrected chi connectivity index (χ3v) is 4.74. The van der Waals surface area contributed by atoms with Crippen LogP contribution in [0.3, 0.4) is 0 Å². The first-order valence-corrected chi connectivity index (χ1v) is 8.89. The smallest absolute Gasteiger partial charge is 0.416 e. The van der Waals surface area contributed by atoms with Gasteiger partial charge in [0, 0.05) is 24.4 Å². The van der Waals surface area contributed by atoms with Crippen LogP contribution in [0.1, 0.15) is 50.2 Å². The van der Waals surface area contributed by atoms with Crippen molar-refractivity contribution in [1.82, 2.24) is 4.90 Å². The fourth-order valence-corrected chi connectivity index (χ4v) is 3.26. The maximum Gasteiger partial charge on any atom is 0.416 e. The van der Waals surface area contributed by atoms with E-state index in [1.165, 1.54) is 12.1 Å². The Bertz CT molecular complexity index is 730. The zero-order chi connectivity index (χ0) is 18.9. The first kappa shape index (κ1) is 18.5. The van der Waals surface area contributed by atoms with Crippen molar-refractivity contribution in [1.29, 1.82) is 0 Å². The van der Waals surface area contributed by atoms with E-state index in [4.69, 9.17) is 4.74 Å². The van der Waals surface area contributed by atoms with Gasteiger partial charge in [-0.25, -0.2) is 4.79 Å². The second-order valence-corrected chi connectivity index (χ2v) is 6.59. The molecule has 0 aromatic heterocycles. The van der Waals surface area contributed by atoms with Crippen LogP contribution >= 0.6 is 0 Å². The molecule has 0 saturated heterocycles. The Labute approximate surface area is 151 Å². The van der Waals surface area contributed by atoms with Crippen LogP contribution in [0.2, 0.25) is 0 Å². The van der Waals surface area contributed by atoms with E-state index in [1.807, 2.05) is 18.0 Å². The summed E-state index contributed by atoms with van der Waals surface area (Å²) in [5, 5.41) is 0. The largest absolute Gasteiger partial charge is 0.463 e. The molecule has 3 rings (SSSR count). The minimum atomic E-state index is -4.38. The highest BCUT2D eigenvalue weighted by Crippen LogP contribution is 2.41. The standard InChI is InChI=1S/C20H22F3NO2/c1-3-13-11-24(16-9-10-16)12-17(19(25)26-4-2)18(13)14-5-7-15(8-6-14)20(21,22)23/h5-8,11-12,16,18H,3-4,9-10H2,1-2H3. The number of carbonyl (C=O) groups is 1. The number of hydrogen-bond acceptors (Lipinski definition) is 3. The normalized spacial score (nSPS) is 20.5. The summed E-state index contributed by atoms with van der Waals surface area (Å²) in [5.41, 5.74) is 1.46. The third kappa shape index (κ3) is 3.79. The molecule has 1 atom stereocenters. The quantitative estimate of drug-likeness (QED) is 0.687. The van der Waals surface area contributed by atoms with E-state index in [1.54, 1.807) is 13.1 Å². The minimum Gasteiger partial charge on any atom is -0.463 e. The van der Waals surface area contributed by atoms with Gasteiger partial charge in [-0.1, -0.05) is 19.1 Å². The van der Waals surface area contributed by atoms with Gasteiger partial charge in [-0.05, 0) is 49.5 Å². The van der Waals surface area contributed by atoms with Gasteiger partial charge in [0.25, 0.3) is 0 Å². The van der Waals surface area contributed by atoms with Crippen LogP contribution in [0, 0.1) is 0 Å². The molecule has 0 bridgehead atoms. The maximum absolute atomic E-state index is 12.9. The second kappa shape index (κ2) is 7.17. The molecule has 2 aliphatic rings. The monoisotopic (exact) mass is 365 g/mol. The number of nitrogens with zero attached hydrogens (tertiary/aromatic N) is 1. The van der Waals surface area contributed by atoms with E-state index in [2.05, 4.69) is 0 Å². The number of hydrogen-bond donors (Lipinski definition) is 0. The van der Waals surface area contributed by atoms with Crippen molar-refractivity contribution >= 4 is 5.97 Å². The highest BCUT2D eigenvalue weighted by atomic mass is 19.4. The predicted octanol–water partition coefficient (Wildman–Crippen LogP) is 5.01. The molecule has 6 heteroatoms. The van der Waals surface area contributed by atoms with Crippen molar-refractivity contribution in [2.45, 2.75) is 51.2 Å². The lowest BCUT2D eigenvalue weighted by Crippen LogP contribution is -2.26. The first-order chi connectivity index (χ1) is 12.3. The lowest BCUT2D eigenvalue weighted by Gasteiger charge is -2.31. The third-order valence-electron chi connectivity index (χ3n) is 4.74. The van der Waals surface area contributed by atoms with Crippen LogP contribution in [0.5, 0.6) is 0 Å². The van der Waals surface area contributed by atoms with E-state index < -0.39 is 17.7 Å². The van der Waals surface area contributed by atoms with Gasteiger partial charge >= 0.3 is 12.1 Å². The molecule has 1 aliphatic heterocycles. The fraction of sp³-hybridized carbons (Fsp3) is 0.450. The number of rotatable bonds is 5. The molecule has 1 heterocycles. The first-order valence-electron chi connectivity index (χ1n) is 8.89. The molecule has 0 spiro atoms. The number of halogens is 3. The van der Waals surface area contributed by atoms with Gasteiger partial charge in [-0.3, -0.25) is 0 Å². The van der Waals surface area contributed by atoms with Crippen molar-refractivity contribution in [2.75, 3.05) is 6.61 Å². The zero-order valence-corrected chi connectivity index (χ0v) is 14.8. The summed E-state index contributed by atoms with van der Waals surface area (Å²) >= 11 is 0. The van der Waals surface area contributed by atoms with E-state index in [-0.39, 0.29) is 12.5 Å². The number of carbonyl (C=O) groups excluding carboxylic acids is 1. The molecular weight excluding hydrogens is 343 g/mol. The molecule has 26 heavy (non-hydrogen) atoms. The number of alkyl halides is 3. The van der Waals surface area contributed by atoms with Crippen molar-refractivity contribution in [3.8, 4) is 0 Å². The van der Waals surface area contributed by atoms with Crippen molar-refractivity contribution in [3.05, 3.63) is 58.9 Å². The van der Waals surface area contributed by atoms with E-state index in [9.17, 15) is 18.0 Å². The summed E-state index contributed by atoms with van der Waals surface area (Å²) in [4.78, 5) is 14.6. The van der Waals surface area contributed by atoms with Crippen LogP contribution < -0.4 is 0 Å². The van der Waals surface area contributed by atoms with E-state index >= 15 is 0 Å². The van der Waals surface area contributed by atoms with Gasteiger partial charge in [-0.2, -0.15) is 13.2 Å². The average molecular weight is 365 g/mol. The Morgan fingerprint density at radius 2 is 1.81 bits per heavy atom. The summed E-state index contributed by atoms with van der Waals surface area (Å²) in [6.07, 6.45) is 2.30. The summed E-state index contributed by atoms with van der Waals surface area (Å²) in [6.45, 7) is 3.98. The lowest BCUT2D eigenvalue weighted by molar-refractivity contribution is -0.139. The predicted molar refractivity (Wildman–Crippen MR) is 92.1 cm³/mol. The molecule has 0 N–H and O–H groups in total. The highest BCUT2D eigenvalue weighted by Gasteiger charge is 2.36. The molecule has 0 amide bonds. The van der Waals surface area contributed by atoms with Gasteiger partial charge in [0.15, 0.2) is 0 Å². The number of ether oxygens (including phenoxy) is 1. The van der Waals surface area contributed by atoms with Crippen LogP contribution in [0.4, 0.5) is 13.2 Å². The molecule has 1 fully saturated rings. The van der Waals surface area contributed by atoms with Gasteiger partial charge in [0.05, 0.1) is 17.7 Å². The second-order valence-electron chi connectivity index (χ2n) is 6.59. The molecule has 1 aromatic carbocycles. The van der Waals surface area contributed by atoms with Crippen LogP contribution in [0.25, 0.3) is 0 Å². The average Bonchev–Trinajstić information content (AvgIpc) is 3.45. The van der Waals surface area contributed by atoms with Crippen molar-refractivity contribution < 1.29 is 22.7 Å². The fourth-order valence-electron chi connectivity index (χ4n) is 3.26. The molecule has 1 saturated carbocycles. The number of allylic oxidation sites excluding steroid dienone is 1. The Balaban J connectivity index is 1.99. The zero-order valence-electron chi connectivity index (χ0n) is 14.8. The lowest BCUT2D eigenvalue weighted by atomic mass is 9.82. The van der Waals surface area contributed by atoms with Crippen LogP contribution in [-0.2, 0) is 15.7 Å². The maximum atomic E-state index is 12.9. The summed E-state index contributed by atoms with van der Waals surface area (Å²) in [5.74, 6) is -0.793. The molecule has 1 aromatic rings. The Morgan fingerprint density at radius 3 is 2.31 bits per heavy atom. The molecular formula is C20H22F3NO2. The number of esters is 1. The van der Waals surface area contributed by atoms with Crippen LogP contribution in [0.15, 0.2) is 47.8 Å². The van der Waals surface area contributed by atoms with Gasteiger partial charge in [0.1, 0.15) is 0 Å². The summed E-state index contributed by atoms with van der Waals surface area (Å²) in [6, 6.07) is 5.44. The Kier molecular flexibility index (Phi) is 5.12. The van der Waals surface area contributed by atoms with Gasteiger partial charge in [0.2, 0.25) is 0 Å². The molecule has 140 valence electrons. The van der Waals surface area contributed by atoms with E-state index in [0.29, 0.717) is 23.6 Å². The number of benzene rings is 1. The molecule has 1 aliphatic carbocycles. The molecule has 0 radical (unpaired) electrons. The van der Waals surface area contributed by atoms with Crippen molar-refractivity contribution in [2.24, 2.45) is 0 Å². The van der Waals surface area contributed by atoms with E-state index in [0.717, 1.165) is 30.5 Å². The van der Waals surface area contributed by atoms with Crippen molar-refractivity contribution in [3.63, 3.8) is 0 Å². The summed E-state index contributed by atoms with van der Waals surface area (Å²) < 4.78 is 43.8. The van der Waals surface area contributed by atoms with Gasteiger partial charge in [-0.15, -0.1) is 0 Å². The molecule has 3 nitrogen and oxygen atoms in total. The molecule has 1 unspecified atom stereocenters. The Hall–Kier alpha value is -2.24. The topological polar surface area (TPSA) is 29.5 Å². The van der Waals surface area contributed by atoms with Gasteiger partial charge < -0.3 is 9.64 Å². The minimum absolute atomic E-state index is 0.254. The SMILES string of the molecule is CCOC(=O)C1=CN(C2CC2)C=C(CC)C1c1ccc(C(F)(F)F)cc1. The Morgan fingerprint density at radius 1 is 1.15 bits per heavy atom. The summed E-state index contributed by atoms with van der Waals surface area (Å²) in [7, 11) is 0. The highest BCUT2D eigenvalue weighted by molar-refractivity contribution is 5.91. The van der Waals surface area contributed by atoms with Crippen LogP contribution in [-0.4, -0.2) is 23.5 Å².